The lowest BCUT2D eigenvalue weighted by Gasteiger charge is -2.29. The highest BCUT2D eigenvalue weighted by molar-refractivity contribution is 8.24. The fraction of sp³-hybridized carbons (Fsp3) is 0.333. The summed E-state index contributed by atoms with van der Waals surface area (Å²) < 4.78 is 1.42. The Balaban J connectivity index is 2.33. The summed E-state index contributed by atoms with van der Waals surface area (Å²) in [5, 5.41) is 13.3. The van der Waals surface area contributed by atoms with Crippen LogP contribution in [-0.4, -0.2) is 37.6 Å². The molecule has 6 heteroatoms. The largest absolute Gasteiger partial charge is 0.622 e. The molecule has 1 aliphatic rings. The number of halogens is 1. The second kappa shape index (κ2) is 6.38. The summed E-state index contributed by atoms with van der Waals surface area (Å²) in [6, 6.07) is 7.17. The van der Waals surface area contributed by atoms with Crippen LogP contribution in [0.25, 0.3) is 0 Å². The van der Waals surface area contributed by atoms with Gasteiger partial charge in [0.1, 0.15) is 9.07 Å². The molecule has 3 nitrogen and oxygen atoms in total. The van der Waals surface area contributed by atoms with Crippen LogP contribution in [0.3, 0.4) is 0 Å². The van der Waals surface area contributed by atoms with Crippen molar-refractivity contribution in [3.8, 4) is 0 Å². The second-order valence-corrected chi connectivity index (χ2v) is 8.05. The third-order valence-corrected chi connectivity index (χ3v) is 5.10. The van der Waals surface area contributed by atoms with Crippen molar-refractivity contribution >= 4 is 46.1 Å². The van der Waals surface area contributed by atoms with Crippen LogP contribution in [-0.2, 0) is 0 Å². The van der Waals surface area contributed by atoms with Gasteiger partial charge in [-0.05, 0) is 38.1 Å². The highest BCUT2D eigenvalue weighted by Crippen LogP contribution is 2.41. The van der Waals surface area contributed by atoms with E-state index in [2.05, 4.69) is 6.58 Å². The second-order valence-electron chi connectivity index (χ2n) is 5.33. The van der Waals surface area contributed by atoms with Gasteiger partial charge in [0, 0.05) is 17.1 Å². The maximum absolute atomic E-state index is 12.6. The lowest BCUT2D eigenvalue weighted by molar-refractivity contribution is -0.523. The van der Waals surface area contributed by atoms with Gasteiger partial charge < -0.3 is 5.21 Å². The van der Waals surface area contributed by atoms with Gasteiger partial charge in [-0.1, -0.05) is 41.7 Å². The number of rotatable bonds is 4. The number of thioether (sulfide) groups is 1. The van der Waals surface area contributed by atoms with E-state index < -0.39 is 0 Å². The Labute approximate surface area is 139 Å². The van der Waals surface area contributed by atoms with Crippen LogP contribution in [0.2, 0.25) is 5.02 Å². The Hall–Kier alpha value is -1.04. The molecule has 1 saturated heterocycles. The molecule has 0 aliphatic carbocycles. The molecule has 0 bridgehead atoms. The van der Waals surface area contributed by atoms with Crippen molar-refractivity contribution in [2.45, 2.75) is 24.8 Å². The Morgan fingerprint density at radius 2 is 2.10 bits per heavy atom. The van der Waals surface area contributed by atoms with Crippen LogP contribution in [0.1, 0.15) is 19.4 Å². The zero-order valence-electron chi connectivity index (χ0n) is 12.0. The molecule has 1 heterocycles. The molecular formula is C15H17ClN2OS2. The van der Waals surface area contributed by atoms with Crippen molar-refractivity contribution in [1.82, 2.24) is 4.90 Å². The maximum Gasteiger partial charge on any atom is 0.254 e. The third-order valence-electron chi connectivity index (χ3n) is 3.22. The zero-order chi connectivity index (χ0) is 15.6. The Bertz CT molecular complexity index is 584. The summed E-state index contributed by atoms with van der Waals surface area (Å²) in [6.07, 6.45) is 2.98. The van der Waals surface area contributed by atoms with Gasteiger partial charge in [-0.3, -0.25) is 4.90 Å². The van der Waals surface area contributed by atoms with E-state index in [1.165, 1.54) is 0 Å². The molecule has 0 saturated carbocycles. The van der Waals surface area contributed by atoms with E-state index in [4.69, 9.17) is 23.8 Å². The predicted molar refractivity (Wildman–Crippen MR) is 95.2 cm³/mol. The average Bonchev–Trinajstić information content (AvgIpc) is 2.62. The molecule has 21 heavy (non-hydrogen) atoms. The van der Waals surface area contributed by atoms with E-state index in [1.54, 1.807) is 36.2 Å². The first kappa shape index (κ1) is 16.3. The fourth-order valence-electron chi connectivity index (χ4n) is 2.34. The molecule has 0 radical (unpaired) electrons. The van der Waals surface area contributed by atoms with E-state index in [9.17, 15) is 5.21 Å². The molecule has 1 atom stereocenters. The first-order valence-corrected chi connectivity index (χ1v) is 8.12. The van der Waals surface area contributed by atoms with Crippen molar-refractivity contribution in [3.63, 3.8) is 0 Å². The predicted octanol–water partition coefficient (Wildman–Crippen LogP) is 3.89. The van der Waals surface area contributed by atoms with Crippen molar-refractivity contribution < 1.29 is 4.74 Å². The Morgan fingerprint density at radius 3 is 2.67 bits per heavy atom. The first-order valence-electron chi connectivity index (χ1n) is 6.51. The highest BCUT2D eigenvalue weighted by atomic mass is 35.5. The van der Waals surface area contributed by atoms with Gasteiger partial charge in [-0.15, -0.1) is 6.58 Å². The van der Waals surface area contributed by atoms with Gasteiger partial charge >= 0.3 is 0 Å². The number of hydrogen-bond acceptors (Lipinski definition) is 3. The Kier molecular flexibility index (Phi) is 4.96. The van der Waals surface area contributed by atoms with Crippen LogP contribution in [0.4, 0.5) is 0 Å². The summed E-state index contributed by atoms with van der Waals surface area (Å²) in [5.74, 6) is 0. The van der Waals surface area contributed by atoms with E-state index in [1.807, 2.05) is 30.9 Å². The van der Waals surface area contributed by atoms with Gasteiger partial charge in [0.25, 0.3) is 6.17 Å². The quantitative estimate of drug-likeness (QED) is 0.208. The van der Waals surface area contributed by atoms with Crippen molar-refractivity contribution in [1.29, 1.82) is 0 Å². The minimum atomic E-state index is -0.358. The normalized spacial score (nSPS) is 21.7. The minimum Gasteiger partial charge on any atom is -0.622 e. The lowest BCUT2D eigenvalue weighted by Crippen LogP contribution is -2.47. The molecule has 112 valence electrons. The molecular weight excluding hydrogens is 324 g/mol. The fourth-order valence-corrected chi connectivity index (χ4v) is 4.36. The summed E-state index contributed by atoms with van der Waals surface area (Å²) in [6.45, 7) is 8.35. The van der Waals surface area contributed by atoms with E-state index in [0.29, 0.717) is 11.6 Å². The summed E-state index contributed by atoms with van der Waals surface area (Å²) in [7, 11) is 0. The minimum absolute atomic E-state index is 0.287. The molecule has 1 aromatic carbocycles. The standard InChI is InChI=1S/C15H17ClN2OS2/c1-4-9-17-13(15(2,3)21-14(17)20)18(19)10-11-5-7-12(16)8-6-11/h4-8,10,13H,1,9H2,2-3H3. The lowest BCUT2D eigenvalue weighted by atomic mass is 10.1. The third kappa shape index (κ3) is 3.59. The van der Waals surface area contributed by atoms with Crippen LogP contribution >= 0.6 is 35.6 Å². The van der Waals surface area contributed by atoms with E-state index in [-0.39, 0.29) is 10.9 Å². The number of thiocarbonyl (C=S) groups is 1. The van der Waals surface area contributed by atoms with Crippen molar-refractivity contribution in [3.05, 3.63) is 52.7 Å². The molecule has 2 rings (SSSR count). The topological polar surface area (TPSA) is 29.3 Å². The maximum atomic E-state index is 12.6. The van der Waals surface area contributed by atoms with Crippen molar-refractivity contribution in [2.75, 3.05) is 6.54 Å². The monoisotopic (exact) mass is 340 g/mol. The van der Waals surface area contributed by atoms with Crippen molar-refractivity contribution in [2.24, 2.45) is 0 Å². The van der Waals surface area contributed by atoms with Crippen LogP contribution in [0, 0.1) is 5.21 Å². The molecule has 1 unspecified atom stereocenters. The molecule has 1 aromatic rings. The van der Waals surface area contributed by atoms with E-state index in [0.717, 1.165) is 14.6 Å². The summed E-state index contributed by atoms with van der Waals surface area (Å²) >= 11 is 12.8. The molecule has 0 N–H and O–H groups in total. The van der Waals surface area contributed by atoms with Crippen LogP contribution in [0.15, 0.2) is 36.9 Å². The highest BCUT2D eigenvalue weighted by Gasteiger charge is 2.49. The van der Waals surface area contributed by atoms with E-state index >= 15 is 0 Å². The summed E-state index contributed by atoms with van der Waals surface area (Å²) in [4.78, 5) is 1.91. The van der Waals surface area contributed by atoms with Crippen LogP contribution in [0.5, 0.6) is 0 Å². The SMILES string of the molecule is C=CCN1C(=S)SC(C)(C)C1[N+]([O-])=Cc1ccc(Cl)cc1. The van der Waals surface area contributed by atoms with Gasteiger partial charge in [0.15, 0.2) is 6.21 Å². The molecule has 0 amide bonds. The molecule has 1 fully saturated rings. The molecule has 0 aromatic heterocycles. The molecule has 0 spiro atoms. The van der Waals surface area contributed by atoms with Gasteiger partial charge in [-0.25, -0.2) is 0 Å². The number of benzene rings is 1. The average molecular weight is 341 g/mol. The number of hydroxylamine groups is 1. The Morgan fingerprint density at radius 1 is 1.48 bits per heavy atom. The summed E-state index contributed by atoms with van der Waals surface area (Å²) in [5.41, 5.74) is 0.812. The van der Waals surface area contributed by atoms with Gasteiger partial charge in [0.2, 0.25) is 0 Å². The zero-order valence-corrected chi connectivity index (χ0v) is 14.3. The molecule has 1 aliphatic heterocycles. The van der Waals surface area contributed by atoms with Gasteiger partial charge in [0.05, 0.1) is 0 Å². The number of hydrogen-bond donors (Lipinski definition) is 0. The van der Waals surface area contributed by atoms with Crippen LogP contribution < -0.4 is 0 Å². The van der Waals surface area contributed by atoms with Gasteiger partial charge in [-0.2, -0.15) is 4.74 Å². The number of nitrogens with zero attached hydrogens (tertiary/aromatic N) is 2. The first-order chi connectivity index (χ1) is 9.85. The smallest absolute Gasteiger partial charge is 0.254 e.